The number of aromatic nitrogens is 2. The van der Waals surface area contributed by atoms with Gasteiger partial charge in [0.05, 0.1) is 29.0 Å². The molecule has 172 valence electrons. The quantitative estimate of drug-likeness (QED) is 0.438. The van der Waals surface area contributed by atoms with Gasteiger partial charge in [-0.25, -0.2) is 0 Å². The number of amides is 2. The average Bonchev–Trinajstić information content (AvgIpc) is 3.29. The van der Waals surface area contributed by atoms with E-state index in [2.05, 4.69) is 22.5 Å². The Labute approximate surface area is 207 Å². The minimum Gasteiger partial charge on any atom is -0.319 e. The van der Waals surface area contributed by atoms with Crippen molar-refractivity contribution in [1.82, 2.24) is 9.78 Å². The molecule has 0 saturated carbocycles. The van der Waals surface area contributed by atoms with Crippen molar-refractivity contribution in [2.45, 2.75) is 13.0 Å². The lowest BCUT2D eigenvalue weighted by atomic mass is 10.0. The molecular weight excluding hydrogens is 462 g/mol. The summed E-state index contributed by atoms with van der Waals surface area (Å²) in [5.41, 5.74) is 4.26. The summed E-state index contributed by atoms with van der Waals surface area (Å²) in [6, 6.07) is 24.5. The molecule has 2 heterocycles. The summed E-state index contributed by atoms with van der Waals surface area (Å²) in [5.74, 6) is -0.696. The second kappa shape index (κ2) is 9.45. The Morgan fingerprint density at radius 3 is 2.51 bits per heavy atom. The maximum atomic E-state index is 13.4. The molecule has 8 heteroatoms. The molecule has 2 amide bonds. The predicted molar refractivity (Wildman–Crippen MR) is 134 cm³/mol. The van der Waals surface area contributed by atoms with E-state index in [1.54, 1.807) is 9.58 Å². The molecule has 3 aromatic carbocycles. The molecular formula is C27H20ClN5O2. The fourth-order valence-electron chi connectivity index (χ4n) is 4.11. The first-order valence-electron chi connectivity index (χ1n) is 11.0. The van der Waals surface area contributed by atoms with Crippen LogP contribution in [0.25, 0.3) is 0 Å². The van der Waals surface area contributed by atoms with Gasteiger partial charge in [0, 0.05) is 17.8 Å². The largest absolute Gasteiger partial charge is 0.319 e. The third-order valence-corrected chi connectivity index (χ3v) is 6.25. The zero-order valence-electron chi connectivity index (χ0n) is 18.6. The second-order valence-corrected chi connectivity index (χ2v) is 8.58. The van der Waals surface area contributed by atoms with Crippen LogP contribution in [0.4, 0.5) is 11.4 Å². The van der Waals surface area contributed by atoms with Gasteiger partial charge < -0.3 is 10.2 Å². The lowest BCUT2D eigenvalue weighted by Gasteiger charge is -2.28. The minimum atomic E-state index is -0.454. The fraction of sp³-hybridized carbons (Fsp3) is 0.111. The topological polar surface area (TPSA) is 91.0 Å². The van der Waals surface area contributed by atoms with E-state index < -0.39 is 5.91 Å². The smallest absolute Gasteiger partial charge is 0.278 e. The van der Waals surface area contributed by atoms with Crippen molar-refractivity contribution in [1.29, 1.82) is 5.26 Å². The van der Waals surface area contributed by atoms with Crippen LogP contribution < -0.4 is 10.2 Å². The number of nitriles is 1. The fourth-order valence-corrected chi connectivity index (χ4v) is 4.27. The number of hydrogen-bond donors (Lipinski definition) is 1. The molecule has 1 aromatic heterocycles. The number of anilines is 2. The first-order chi connectivity index (χ1) is 17.0. The number of carbonyl (C=O) groups excluding carboxylic acids is 2. The molecule has 1 aliphatic heterocycles. The number of rotatable bonds is 5. The van der Waals surface area contributed by atoms with Gasteiger partial charge in [0.1, 0.15) is 11.8 Å². The van der Waals surface area contributed by atoms with E-state index in [9.17, 15) is 14.9 Å². The van der Waals surface area contributed by atoms with Gasteiger partial charge >= 0.3 is 0 Å². The van der Waals surface area contributed by atoms with E-state index in [1.165, 1.54) is 30.0 Å². The van der Waals surface area contributed by atoms with Crippen molar-refractivity contribution in [2.75, 3.05) is 16.8 Å². The normalized spacial score (nSPS) is 12.7. The lowest BCUT2D eigenvalue weighted by molar-refractivity contribution is 0.0963. The molecule has 0 aliphatic carbocycles. The standard InChI is InChI=1S/C27H20ClN5O2/c28-23-11-8-20(15-21(23)16-29)26(34)31-24-17-30-33-13-12-32(27(35)25(24)33)22-9-6-19(7-10-22)14-18-4-2-1-3-5-18/h1-11,15,17H,12-14H2,(H,31,34). The highest BCUT2D eigenvalue weighted by molar-refractivity contribution is 6.31. The molecule has 0 spiro atoms. The predicted octanol–water partition coefficient (Wildman–Crippen LogP) is 4.91. The molecule has 0 radical (unpaired) electrons. The van der Waals surface area contributed by atoms with Crippen molar-refractivity contribution in [3.63, 3.8) is 0 Å². The van der Waals surface area contributed by atoms with Crippen LogP contribution in [0.1, 0.15) is 37.5 Å². The Balaban J connectivity index is 1.34. The maximum Gasteiger partial charge on any atom is 0.278 e. The summed E-state index contributed by atoms with van der Waals surface area (Å²) in [7, 11) is 0. The van der Waals surface area contributed by atoms with Crippen molar-refractivity contribution < 1.29 is 9.59 Å². The highest BCUT2D eigenvalue weighted by atomic mass is 35.5. The Bertz CT molecular complexity index is 1460. The Morgan fingerprint density at radius 2 is 1.77 bits per heavy atom. The molecule has 0 atom stereocenters. The molecule has 0 bridgehead atoms. The van der Waals surface area contributed by atoms with E-state index in [0.29, 0.717) is 24.5 Å². The van der Waals surface area contributed by atoms with Crippen LogP contribution in [-0.4, -0.2) is 28.1 Å². The van der Waals surface area contributed by atoms with Crippen molar-refractivity contribution in [3.8, 4) is 6.07 Å². The zero-order chi connectivity index (χ0) is 24.4. The van der Waals surface area contributed by atoms with Crippen LogP contribution in [0.2, 0.25) is 5.02 Å². The molecule has 7 nitrogen and oxygen atoms in total. The maximum absolute atomic E-state index is 13.4. The highest BCUT2D eigenvalue weighted by Crippen LogP contribution is 2.27. The lowest BCUT2D eigenvalue weighted by Crippen LogP contribution is -2.41. The monoisotopic (exact) mass is 481 g/mol. The van der Waals surface area contributed by atoms with Crippen LogP contribution >= 0.6 is 11.6 Å². The summed E-state index contributed by atoms with van der Waals surface area (Å²) in [6.07, 6.45) is 2.29. The third-order valence-electron chi connectivity index (χ3n) is 5.92. The summed E-state index contributed by atoms with van der Waals surface area (Å²) in [4.78, 5) is 27.9. The van der Waals surface area contributed by atoms with Gasteiger partial charge in [-0.05, 0) is 47.9 Å². The van der Waals surface area contributed by atoms with Crippen LogP contribution in [0.5, 0.6) is 0 Å². The molecule has 1 aliphatic rings. The number of fused-ring (bicyclic) bond motifs is 1. The summed E-state index contributed by atoms with van der Waals surface area (Å²) >= 11 is 5.96. The van der Waals surface area contributed by atoms with E-state index in [-0.39, 0.29) is 22.1 Å². The Kier molecular flexibility index (Phi) is 6.04. The summed E-state index contributed by atoms with van der Waals surface area (Å²) < 4.78 is 1.60. The Morgan fingerprint density at radius 1 is 1.03 bits per heavy atom. The summed E-state index contributed by atoms with van der Waals surface area (Å²) in [6.45, 7) is 0.976. The number of hydrogen-bond acceptors (Lipinski definition) is 4. The van der Waals surface area contributed by atoms with Crippen LogP contribution in [-0.2, 0) is 13.0 Å². The molecule has 1 N–H and O–H groups in total. The third kappa shape index (κ3) is 4.52. The van der Waals surface area contributed by atoms with E-state index in [1.807, 2.05) is 48.5 Å². The van der Waals surface area contributed by atoms with Gasteiger partial charge in [-0.2, -0.15) is 10.4 Å². The minimum absolute atomic E-state index is 0.203. The van der Waals surface area contributed by atoms with E-state index in [4.69, 9.17) is 11.6 Å². The average molecular weight is 482 g/mol. The van der Waals surface area contributed by atoms with Crippen LogP contribution in [0, 0.1) is 11.3 Å². The van der Waals surface area contributed by atoms with Gasteiger partial charge in [-0.15, -0.1) is 0 Å². The van der Waals surface area contributed by atoms with Crippen LogP contribution in [0.3, 0.4) is 0 Å². The van der Waals surface area contributed by atoms with Gasteiger partial charge in [0.25, 0.3) is 11.8 Å². The van der Waals surface area contributed by atoms with Gasteiger partial charge in [-0.3, -0.25) is 14.3 Å². The summed E-state index contributed by atoms with van der Waals surface area (Å²) in [5, 5.41) is 16.5. The van der Waals surface area contributed by atoms with Crippen molar-refractivity contribution in [3.05, 3.63) is 112 Å². The second-order valence-electron chi connectivity index (χ2n) is 8.18. The van der Waals surface area contributed by atoms with Gasteiger partial charge in [0.2, 0.25) is 0 Å². The number of carbonyl (C=O) groups is 2. The van der Waals surface area contributed by atoms with Gasteiger partial charge in [0.15, 0.2) is 0 Å². The SMILES string of the molecule is N#Cc1cc(C(=O)Nc2cnn3c2C(=O)N(c2ccc(Cc4ccccc4)cc2)CC3)ccc1Cl. The molecule has 4 aromatic rings. The van der Waals surface area contributed by atoms with Crippen molar-refractivity contribution in [2.24, 2.45) is 0 Å². The van der Waals surface area contributed by atoms with Gasteiger partial charge in [-0.1, -0.05) is 54.1 Å². The molecule has 5 rings (SSSR count). The number of benzene rings is 3. The van der Waals surface area contributed by atoms with E-state index in [0.717, 1.165) is 17.7 Å². The molecule has 0 fully saturated rings. The molecule has 35 heavy (non-hydrogen) atoms. The van der Waals surface area contributed by atoms with Crippen LogP contribution in [0.15, 0.2) is 79.0 Å². The highest BCUT2D eigenvalue weighted by Gasteiger charge is 2.30. The Hall–Kier alpha value is -4.41. The zero-order valence-corrected chi connectivity index (χ0v) is 19.4. The number of halogens is 1. The molecule has 0 unspecified atom stereocenters. The molecule has 0 saturated heterocycles. The number of nitrogens with one attached hydrogen (secondary N) is 1. The first kappa shape index (κ1) is 22.4. The first-order valence-corrected chi connectivity index (χ1v) is 11.4. The van der Waals surface area contributed by atoms with Crippen molar-refractivity contribution >= 4 is 34.8 Å². The number of nitrogens with zero attached hydrogens (tertiary/aromatic N) is 4. The van der Waals surface area contributed by atoms with E-state index >= 15 is 0 Å².